The van der Waals surface area contributed by atoms with Gasteiger partial charge in [-0.3, -0.25) is 9.59 Å². The Morgan fingerprint density at radius 1 is 0.694 bits per heavy atom. The number of amides is 3. The van der Waals surface area contributed by atoms with E-state index in [1.54, 1.807) is 79.7 Å². The summed E-state index contributed by atoms with van der Waals surface area (Å²) in [4.78, 5) is 56.9. The summed E-state index contributed by atoms with van der Waals surface area (Å²) in [5.74, 6) is -2.06. The van der Waals surface area contributed by atoms with Gasteiger partial charge in [-0.15, -0.1) is 0 Å². The van der Waals surface area contributed by atoms with Gasteiger partial charge in [-0.1, -0.05) is 54.6 Å². The topological polar surface area (TPSA) is 154 Å². The molecule has 0 aliphatic heterocycles. The zero-order chi connectivity index (χ0) is 36.5. The zero-order valence-electron chi connectivity index (χ0n) is 29.5. The SMILES string of the molecule is CC(C)N(C(=O)C(Cc1ccc(O)cc1)NC(=O)OC(C)(C)C)C(C(=O)NC(Cc1ccccc1)C(=O)OC(C)(C)C)c1cccc(O)c1. The summed E-state index contributed by atoms with van der Waals surface area (Å²) in [6, 6.07) is 17.0. The Morgan fingerprint density at radius 2 is 1.27 bits per heavy atom. The molecule has 0 bridgehead atoms. The van der Waals surface area contributed by atoms with Crippen LogP contribution in [0.15, 0.2) is 78.9 Å². The molecular formula is C38H49N3O8. The minimum absolute atomic E-state index is 0.00446. The molecule has 0 saturated carbocycles. The number of rotatable bonds is 12. The van der Waals surface area contributed by atoms with Crippen molar-refractivity contribution in [2.45, 2.75) is 104 Å². The summed E-state index contributed by atoms with van der Waals surface area (Å²) in [5, 5.41) is 25.8. The quantitative estimate of drug-likeness (QED) is 0.182. The summed E-state index contributed by atoms with van der Waals surface area (Å²) in [5.41, 5.74) is -0.00597. The smallest absolute Gasteiger partial charge is 0.408 e. The van der Waals surface area contributed by atoms with Crippen molar-refractivity contribution in [1.82, 2.24) is 15.5 Å². The molecule has 49 heavy (non-hydrogen) atoms. The van der Waals surface area contributed by atoms with E-state index in [0.717, 1.165) is 5.56 Å². The average molecular weight is 676 g/mol. The normalized spacial score (nSPS) is 13.5. The van der Waals surface area contributed by atoms with Crippen LogP contribution >= 0.6 is 0 Å². The van der Waals surface area contributed by atoms with Crippen LogP contribution in [0.1, 0.15) is 78.1 Å². The highest BCUT2D eigenvalue weighted by molar-refractivity contribution is 5.94. The van der Waals surface area contributed by atoms with Crippen molar-refractivity contribution >= 4 is 23.9 Å². The van der Waals surface area contributed by atoms with Crippen molar-refractivity contribution < 1.29 is 38.9 Å². The fourth-order valence-electron chi connectivity index (χ4n) is 5.18. The van der Waals surface area contributed by atoms with E-state index in [1.165, 1.54) is 29.2 Å². The van der Waals surface area contributed by atoms with Crippen molar-refractivity contribution in [3.63, 3.8) is 0 Å². The molecule has 0 aliphatic rings. The van der Waals surface area contributed by atoms with Crippen LogP contribution in [0.4, 0.5) is 4.79 Å². The van der Waals surface area contributed by atoms with Gasteiger partial charge in [-0.2, -0.15) is 0 Å². The summed E-state index contributed by atoms with van der Waals surface area (Å²) >= 11 is 0. The van der Waals surface area contributed by atoms with Crippen LogP contribution in [-0.4, -0.2) is 68.3 Å². The lowest BCUT2D eigenvalue weighted by Crippen LogP contribution is -2.57. The highest BCUT2D eigenvalue weighted by Crippen LogP contribution is 2.28. The third-order valence-electron chi connectivity index (χ3n) is 7.18. The number of hydrogen-bond donors (Lipinski definition) is 4. The number of aromatic hydroxyl groups is 2. The van der Waals surface area contributed by atoms with Gasteiger partial charge in [0.25, 0.3) is 0 Å². The van der Waals surface area contributed by atoms with Gasteiger partial charge in [0.15, 0.2) is 0 Å². The number of carbonyl (C=O) groups excluding carboxylic acids is 4. The van der Waals surface area contributed by atoms with E-state index in [-0.39, 0.29) is 29.9 Å². The summed E-state index contributed by atoms with van der Waals surface area (Å²) in [6.45, 7) is 13.7. The van der Waals surface area contributed by atoms with Gasteiger partial charge in [-0.25, -0.2) is 9.59 Å². The molecule has 0 fully saturated rings. The number of carbonyl (C=O) groups is 4. The summed E-state index contributed by atoms with van der Waals surface area (Å²) in [7, 11) is 0. The number of hydrogen-bond acceptors (Lipinski definition) is 8. The molecule has 264 valence electrons. The number of nitrogens with zero attached hydrogens (tertiary/aromatic N) is 1. The molecule has 3 rings (SSSR count). The van der Waals surface area contributed by atoms with E-state index in [1.807, 2.05) is 30.3 Å². The number of phenolic OH excluding ortho intramolecular Hbond substituents is 2. The Labute approximate surface area is 288 Å². The Hall–Kier alpha value is -5.06. The molecular weight excluding hydrogens is 626 g/mol. The molecule has 3 aromatic rings. The van der Waals surface area contributed by atoms with Crippen LogP contribution < -0.4 is 10.6 Å². The largest absolute Gasteiger partial charge is 0.508 e. The van der Waals surface area contributed by atoms with E-state index >= 15 is 0 Å². The maximum absolute atomic E-state index is 14.6. The molecule has 11 heteroatoms. The van der Waals surface area contributed by atoms with E-state index in [2.05, 4.69) is 10.6 Å². The van der Waals surface area contributed by atoms with Crippen molar-refractivity contribution in [3.05, 3.63) is 95.6 Å². The molecule has 0 aliphatic carbocycles. The average Bonchev–Trinajstić information content (AvgIpc) is 2.98. The molecule has 3 aromatic carbocycles. The first-order valence-electron chi connectivity index (χ1n) is 16.3. The predicted octanol–water partition coefficient (Wildman–Crippen LogP) is 5.58. The molecule has 3 amide bonds. The minimum Gasteiger partial charge on any atom is -0.508 e. The Bertz CT molecular complexity index is 1580. The van der Waals surface area contributed by atoms with Crippen molar-refractivity contribution in [2.24, 2.45) is 0 Å². The first-order chi connectivity index (χ1) is 22.8. The maximum atomic E-state index is 14.6. The monoisotopic (exact) mass is 675 g/mol. The van der Waals surface area contributed by atoms with Crippen LogP contribution in [0.5, 0.6) is 11.5 Å². The van der Waals surface area contributed by atoms with Gasteiger partial charge in [0, 0.05) is 18.9 Å². The highest BCUT2D eigenvalue weighted by atomic mass is 16.6. The lowest BCUT2D eigenvalue weighted by molar-refractivity contribution is -0.159. The van der Waals surface area contributed by atoms with Crippen molar-refractivity contribution in [1.29, 1.82) is 0 Å². The van der Waals surface area contributed by atoms with E-state index in [4.69, 9.17) is 9.47 Å². The number of benzene rings is 3. The lowest BCUT2D eigenvalue weighted by Gasteiger charge is -2.38. The van der Waals surface area contributed by atoms with Gasteiger partial charge >= 0.3 is 12.1 Å². The molecule has 3 atom stereocenters. The summed E-state index contributed by atoms with van der Waals surface area (Å²) in [6.07, 6.45) is -0.711. The number of nitrogens with one attached hydrogen (secondary N) is 2. The number of phenols is 2. The molecule has 0 saturated heterocycles. The maximum Gasteiger partial charge on any atom is 0.408 e. The van der Waals surface area contributed by atoms with E-state index < -0.39 is 59.2 Å². The summed E-state index contributed by atoms with van der Waals surface area (Å²) < 4.78 is 11.2. The van der Waals surface area contributed by atoms with Crippen molar-refractivity contribution in [2.75, 3.05) is 0 Å². The predicted molar refractivity (Wildman–Crippen MR) is 186 cm³/mol. The first kappa shape index (κ1) is 38.4. The number of esters is 1. The fraction of sp³-hybridized carbons (Fsp3) is 0.421. The van der Waals surface area contributed by atoms with Crippen LogP contribution in [0, 0.1) is 0 Å². The zero-order valence-corrected chi connectivity index (χ0v) is 29.5. The second kappa shape index (κ2) is 16.4. The highest BCUT2D eigenvalue weighted by Gasteiger charge is 2.40. The first-order valence-corrected chi connectivity index (χ1v) is 16.3. The lowest BCUT2D eigenvalue weighted by atomic mass is 9.98. The van der Waals surface area contributed by atoms with Gasteiger partial charge in [0.05, 0.1) is 0 Å². The Morgan fingerprint density at radius 3 is 1.82 bits per heavy atom. The van der Waals surface area contributed by atoms with Crippen LogP contribution in [0.2, 0.25) is 0 Å². The van der Waals surface area contributed by atoms with Crippen LogP contribution in [-0.2, 0) is 36.7 Å². The Balaban J connectivity index is 2.09. The third kappa shape index (κ3) is 12.2. The molecule has 4 N–H and O–H groups in total. The fourth-order valence-corrected chi connectivity index (χ4v) is 5.18. The molecule has 0 heterocycles. The second-order valence-corrected chi connectivity index (χ2v) is 14.2. The van der Waals surface area contributed by atoms with Gasteiger partial charge < -0.3 is 35.2 Å². The molecule has 0 radical (unpaired) electrons. The molecule has 0 spiro atoms. The van der Waals surface area contributed by atoms with Gasteiger partial charge in [0.2, 0.25) is 11.8 Å². The molecule has 0 aromatic heterocycles. The minimum atomic E-state index is -1.34. The van der Waals surface area contributed by atoms with E-state index in [0.29, 0.717) is 5.56 Å². The number of ether oxygens (including phenoxy) is 2. The molecule has 3 unspecified atom stereocenters. The van der Waals surface area contributed by atoms with Gasteiger partial charge in [0.1, 0.15) is 40.8 Å². The van der Waals surface area contributed by atoms with Crippen molar-refractivity contribution in [3.8, 4) is 11.5 Å². The van der Waals surface area contributed by atoms with Crippen LogP contribution in [0.25, 0.3) is 0 Å². The van der Waals surface area contributed by atoms with E-state index in [9.17, 15) is 29.4 Å². The Kier molecular flexibility index (Phi) is 12.8. The number of alkyl carbamates (subject to hydrolysis) is 1. The van der Waals surface area contributed by atoms with Crippen LogP contribution in [0.3, 0.4) is 0 Å². The standard InChI is InChI=1S/C38H49N3O8/c1-24(2)41(34(45)30(40-36(47)49-38(6,7)8)21-26-17-19-28(42)20-18-26)32(27-15-12-16-29(43)23-27)33(44)39-31(35(46)48-37(3,4)5)22-25-13-10-9-11-14-25/h9-20,23-24,30-32,42-43H,21-22H2,1-8H3,(H,39,44)(H,40,47). The third-order valence-corrected chi connectivity index (χ3v) is 7.18. The second-order valence-electron chi connectivity index (χ2n) is 14.2. The molecule has 11 nitrogen and oxygen atoms in total. The van der Waals surface area contributed by atoms with Gasteiger partial charge in [-0.05, 0) is 96.3 Å².